The lowest BCUT2D eigenvalue weighted by Gasteiger charge is -2.39. The van der Waals surface area contributed by atoms with E-state index in [0.717, 1.165) is 10.3 Å². The van der Waals surface area contributed by atoms with Gasteiger partial charge in [-0.25, -0.2) is 4.79 Å². The SMILES string of the molecule is COc1ccc(C2C3=C(CC(C)(C)CC3=O)Nc3c2c(=O)n(C)c(=O)n3C)c(OC)c1. The van der Waals surface area contributed by atoms with Crippen molar-refractivity contribution in [1.82, 2.24) is 9.13 Å². The second kappa shape index (κ2) is 7.14. The molecule has 0 fully saturated rings. The van der Waals surface area contributed by atoms with Crippen LogP contribution in [0.1, 0.15) is 43.7 Å². The van der Waals surface area contributed by atoms with Gasteiger partial charge in [0.1, 0.15) is 17.3 Å². The predicted octanol–water partition coefficient (Wildman–Crippen LogP) is 2.30. The summed E-state index contributed by atoms with van der Waals surface area (Å²) < 4.78 is 13.4. The molecule has 8 heteroatoms. The van der Waals surface area contributed by atoms with E-state index in [9.17, 15) is 14.4 Å². The number of fused-ring (bicyclic) bond motifs is 1. The van der Waals surface area contributed by atoms with Gasteiger partial charge < -0.3 is 14.8 Å². The minimum Gasteiger partial charge on any atom is -0.497 e. The predicted molar refractivity (Wildman–Crippen MR) is 117 cm³/mol. The Kier molecular flexibility index (Phi) is 4.83. The van der Waals surface area contributed by atoms with Gasteiger partial charge in [0.15, 0.2) is 5.78 Å². The Hall–Kier alpha value is -3.29. The molecular formula is C23H27N3O5. The molecule has 0 bridgehead atoms. The molecule has 2 aromatic rings. The fourth-order valence-corrected chi connectivity index (χ4v) is 4.72. The number of methoxy groups -OCH3 is 2. The molecule has 0 amide bonds. The second-order valence-corrected chi connectivity index (χ2v) is 8.97. The molecule has 2 heterocycles. The minimum atomic E-state index is -0.652. The van der Waals surface area contributed by atoms with Crippen molar-refractivity contribution >= 4 is 11.6 Å². The molecule has 1 unspecified atom stereocenters. The number of nitrogens with one attached hydrogen (secondary N) is 1. The Morgan fingerprint density at radius 3 is 2.39 bits per heavy atom. The maximum absolute atomic E-state index is 13.4. The van der Waals surface area contributed by atoms with E-state index >= 15 is 0 Å². The molecule has 0 spiro atoms. The fraction of sp³-hybridized carbons (Fsp3) is 0.435. The number of ketones is 1. The van der Waals surface area contributed by atoms with Crippen LogP contribution in [0.15, 0.2) is 39.1 Å². The first kappa shape index (κ1) is 21.0. The number of ether oxygens (including phenoxy) is 2. The van der Waals surface area contributed by atoms with Crippen molar-refractivity contribution < 1.29 is 14.3 Å². The number of anilines is 1. The highest BCUT2D eigenvalue weighted by atomic mass is 16.5. The van der Waals surface area contributed by atoms with Crippen LogP contribution < -0.4 is 26.0 Å². The Morgan fingerprint density at radius 1 is 1.03 bits per heavy atom. The molecule has 1 N–H and O–H groups in total. The van der Waals surface area contributed by atoms with Crippen molar-refractivity contribution in [3.8, 4) is 11.5 Å². The Morgan fingerprint density at radius 2 is 1.74 bits per heavy atom. The van der Waals surface area contributed by atoms with Crippen molar-refractivity contribution in [1.29, 1.82) is 0 Å². The van der Waals surface area contributed by atoms with Crippen LogP contribution in [-0.2, 0) is 18.9 Å². The molecule has 1 aliphatic heterocycles. The first-order valence-corrected chi connectivity index (χ1v) is 10.1. The normalized spacial score (nSPS) is 19.4. The number of allylic oxidation sites excluding steroid dienone is 2. The van der Waals surface area contributed by atoms with E-state index in [-0.39, 0.29) is 11.2 Å². The van der Waals surface area contributed by atoms with Gasteiger partial charge in [0.05, 0.1) is 25.7 Å². The third kappa shape index (κ3) is 3.17. The molecule has 1 aromatic heterocycles. The Bertz CT molecular complexity index is 1250. The molecule has 0 saturated carbocycles. The number of aromatic nitrogens is 2. The standard InChI is InChI=1S/C23H27N3O5/c1-23(2)10-14-18(15(27)11-23)17(13-8-7-12(30-5)9-16(13)31-6)19-20(24-14)25(3)22(29)26(4)21(19)28/h7-9,17,24H,10-11H2,1-6H3. The molecule has 4 rings (SSSR count). The third-order valence-electron chi connectivity index (χ3n) is 6.22. The monoisotopic (exact) mass is 425 g/mol. The summed E-state index contributed by atoms with van der Waals surface area (Å²) in [5.41, 5.74) is 1.26. The van der Waals surface area contributed by atoms with Crippen molar-refractivity contribution in [2.75, 3.05) is 19.5 Å². The summed E-state index contributed by atoms with van der Waals surface area (Å²) in [6.07, 6.45) is 1.01. The molecule has 8 nitrogen and oxygen atoms in total. The van der Waals surface area contributed by atoms with Crippen LogP contribution in [0.25, 0.3) is 0 Å². The molecular weight excluding hydrogens is 398 g/mol. The first-order valence-electron chi connectivity index (χ1n) is 10.1. The van der Waals surface area contributed by atoms with Crippen LogP contribution in [0.2, 0.25) is 0 Å². The van der Waals surface area contributed by atoms with Crippen molar-refractivity contribution in [2.45, 2.75) is 32.6 Å². The molecule has 0 radical (unpaired) electrons. The molecule has 2 aliphatic rings. The van der Waals surface area contributed by atoms with Crippen LogP contribution in [0.5, 0.6) is 11.5 Å². The van der Waals surface area contributed by atoms with Gasteiger partial charge in [-0.2, -0.15) is 0 Å². The number of carbonyl (C=O) groups excluding carboxylic acids is 1. The average molecular weight is 425 g/mol. The van der Waals surface area contributed by atoms with Crippen LogP contribution in [-0.4, -0.2) is 29.1 Å². The summed E-state index contributed by atoms with van der Waals surface area (Å²) >= 11 is 0. The maximum atomic E-state index is 13.4. The lowest BCUT2D eigenvalue weighted by Crippen LogP contribution is -2.45. The highest BCUT2D eigenvalue weighted by Crippen LogP contribution is 2.49. The zero-order valence-corrected chi connectivity index (χ0v) is 18.7. The molecule has 1 aromatic carbocycles. The van der Waals surface area contributed by atoms with Gasteiger partial charge in [0.25, 0.3) is 5.56 Å². The quantitative estimate of drug-likeness (QED) is 0.812. The van der Waals surface area contributed by atoms with E-state index in [1.165, 1.54) is 11.6 Å². The van der Waals surface area contributed by atoms with Crippen LogP contribution >= 0.6 is 0 Å². The zero-order chi connectivity index (χ0) is 22.7. The number of hydrogen-bond donors (Lipinski definition) is 1. The highest BCUT2D eigenvalue weighted by Gasteiger charge is 2.43. The minimum absolute atomic E-state index is 0.0109. The average Bonchev–Trinajstić information content (AvgIpc) is 2.73. The number of carbonyl (C=O) groups is 1. The maximum Gasteiger partial charge on any atom is 0.332 e. The summed E-state index contributed by atoms with van der Waals surface area (Å²) in [6, 6.07) is 5.34. The van der Waals surface area contributed by atoms with E-state index in [1.54, 1.807) is 33.4 Å². The summed E-state index contributed by atoms with van der Waals surface area (Å²) in [6.45, 7) is 4.08. The lowest BCUT2D eigenvalue weighted by molar-refractivity contribution is -0.118. The van der Waals surface area contributed by atoms with Crippen molar-refractivity contribution in [2.24, 2.45) is 19.5 Å². The van der Waals surface area contributed by atoms with Crippen LogP contribution in [0, 0.1) is 5.41 Å². The molecule has 0 saturated heterocycles. The molecule has 164 valence electrons. The zero-order valence-electron chi connectivity index (χ0n) is 18.7. The second-order valence-electron chi connectivity index (χ2n) is 8.97. The van der Waals surface area contributed by atoms with Crippen molar-refractivity contribution in [3.05, 3.63) is 61.4 Å². The molecule has 31 heavy (non-hydrogen) atoms. The van der Waals surface area contributed by atoms with Crippen LogP contribution in [0.4, 0.5) is 5.82 Å². The summed E-state index contributed by atoms with van der Waals surface area (Å²) in [5.74, 6) is 0.871. The number of hydrogen-bond acceptors (Lipinski definition) is 6. The number of Topliss-reactive ketones (excluding diaryl/α,β-unsaturated/α-hetero) is 1. The molecule has 1 atom stereocenters. The lowest BCUT2D eigenvalue weighted by atomic mass is 9.69. The first-order chi connectivity index (χ1) is 14.6. The number of nitrogens with zero attached hydrogens (tertiary/aromatic N) is 2. The van der Waals surface area contributed by atoms with E-state index in [2.05, 4.69) is 5.32 Å². The highest BCUT2D eigenvalue weighted by molar-refractivity contribution is 6.01. The Labute approximate surface area is 180 Å². The largest absolute Gasteiger partial charge is 0.497 e. The van der Waals surface area contributed by atoms with Gasteiger partial charge in [-0.15, -0.1) is 0 Å². The smallest absolute Gasteiger partial charge is 0.332 e. The van der Waals surface area contributed by atoms with Crippen molar-refractivity contribution in [3.63, 3.8) is 0 Å². The third-order valence-corrected chi connectivity index (χ3v) is 6.22. The number of benzene rings is 1. The van der Waals surface area contributed by atoms with Gasteiger partial charge in [0, 0.05) is 43.4 Å². The van der Waals surface area contributed by atoms with Gasteiger partial charge in [-0.1, -0.05) is 19.9 Å². The summed E-state index contributed by atoms with van der Waals surface area (Å²) in [4.78, 5) is 39.3. The summed E-state index contributed by atoms with van der Waals surface area (Å²) in [5, 5.41) is 3.26. The van der Waals surface area contributed by atoms with Gasteiger partial charge >= 0.3 is 5.69 Å². The van der Waals surface area contributed by atoms with Crippen LogP contribution in [0.3, 0.4) is 0 Å². The Balaban J connectivity index is 2.09. The van der Waals surface area contributed by atoms with Gasteiger partial charge in [0.2, 0.25) is 0 Å². The summed E-state index contributed by atoms with van der Waals surface area (Å²) in [7, 11) is 6.17. The van der Waals surface area contributed by atoms with Gasteiger partial charge in [-0.3, -0.25) is 18.7 Å². The van der Waals surface area contributed by atoms with E-state index < -0.39 is 17.2 Å². The molecule has 1 aliphatic carbocycles. The topological polar surface area (TPSA) is 91.6 Å². The van der Waals surface area contributed by atoms with E-state index in [0.29, 0.717) is 46.9 Å². The van der Waals surface area contributed by atoms with E-state index in [4.69, 9.17) is 9.47 Å². The van der Waals surface area contributed by atoms with E-state index in [1.807, 2.05) is 19.9 Å². The number of rotatable bonds is 3. The fourth-order valence-electron chi connectivity index (χ4n) is 4.72. The van der Waals surface area contributed by atoms with Gasteiger partial charge in [-0.05, 0) is 17.9 Å².